The van der Waals surface area contributed by atoms with Crippen molar-refractivity contribution in [2.45, 2.75) is 20.3 Å². The molecule has 1 aromatic rings. The predicted octanol–water partition coefficient (Wildman–Crippen LogP) is 1.75. The van der Waals surface area contributed by atoms with Gasteiger partial charge in [-0.15, -0.1) is 0 Å². The van der Waals surface area contributed by atoms with E-state index in [-0.39, 0.29) is 0 Å². The van der Waals surface area contributed by atoms with E-state index >= 15 is 0 Å². The standard InChI is InChI=1S/C12H20N4O/c1-6-10(7-17-13-3)11-9(2)12(16(4)5)15-8-14-11/h7-8,13H,6H2,1-5H3/b10-7+. The molecular weight excluding hydrogens is 216 g/mol. The molecule has 0 saturated heterocycles. The summed E-state index contributed by atoms with van der Waals surface area (Å²) < 4.78 is 0. The van der Waals surface area contributed by atoms with Crippen molar-refractivity contribution >= 4 is 11.4 Å². The molecule has 1 N–H and O–H groups in total. The lowest BCUT2D eigenvalue weighted by atomic mass is 10.1. The molecule has 1 heterocycles. The van der Waals surface area contributed by atoms with Gasteiger partial charge in [-0.05, 0) is 13.3 Å². The lowest BCUT2D eigenvalue weighted by Crippen LogP contribution is -2.14. The Hall–Kier alpha value is -1.62. The van der Waals surface area contributed by atoms with Crippen LogP contribution in [-0.4, -0.2) is 31.1 Å². The molecule has 0 aromatic carbocycles. The van der Waals surface area contributed by atoms with Crippen molar-refractivity contribution in [3.8, 4) is 0 Å². The van der Waals surface area contributed by atoms with Crippen molar-refractivity contribution in [2.24, 2.45) is 0 Å². The SMILES string of the molecule is CC/C(=C\ONC)c1ncnc(N(C)C)c1C. The highest BCUT2D eigenvalue weighted by molar-refractivity contribution is 5.67. The summed E-state index contributed by atoms with van der Waals surface area (Å²) in [6.45, 7) is 4.09. The molecule has 0 aliphatic rings. The molecule has 0 fully saturated rings. The molecule has 0 radical (unpaired) electrons. The van der Waals surface area contributed by atoms with Gasteiger partial charge in [0.25, 0.3) is 0 Å². The fourth-order valence-electron chi connectivity index (χ4n) is 1.65. The molecule has 0 saturated carbocycles. The van der Waals surface area contributed by atoms with Crippen molar-refractivity contribution in [2.75, 3.05) is 26.0 Å². The molecule has 0 aliphatic heterocycles. The number of hydrogen-bond acceptors (Lipinski definition) is 5. The molecule has 0 amide bonds. The van der Waals surface area contributed by atoms with Gasteiger partial charge >= 0.3 is 0 Å². The van der Waals surface area contributed by atoms with Gasteiger partial charge in [0, 0.05) is 32.3 Å². The van der Waals surface area contributed by atoms with E-state index in [0.29, 0.717) is 0 Å². The van der Waals surface area contributed by atoms with Crippen LogP contribution < -0.4 is 10.4 Å². The Kier molecular flexibility index (Phi) is 4.90. The first-order chi connectivity index (χ1) is 8.11. The Morgan fingerprint density at radius 3 is 2.71 bits per heavy atom. The third kappa shape index (κ3) is 3.17. The van der Waals surface area contributed by atoms with Crippen molar-refractivity contribution in [3.63, 3.8) is 0 Å². The average molecular weight is 236 g/mol. The summed E-state index contributed by atoms with van der Waals surface area (Å²) in [4.78, 5) is 15.7. The number of nitrogens with zero attached hydrogens (tertiary/aromatic N) is 3. The maximum absolute atomic E-state index is 5.11. The highest BCUT2D eigenvalue weighted by atomic mass is 16.6. The first-order valence-electron chi connectivity index (χ1n) is 5.62. The maximum Gasteiger partial charge on any atom is 0.134 e. The third-order valence-electron chi connectivity index (χ3n) is 2.49. The van der Waals surface area contributed by atoms with Crippen LogP contribution in [0.4, 0.5) is 5.82 Å². The Morgan fingerprint density at radius 1 is 1.47 bits per heavy atom. The molecule has 0 bridgehead atoms. The topological polar surface area (TPSA) is 50.3 Å². The molecule has 5 nitrogen and oxygen atoms in total. The second kappa shape index (κ2) is 6.20. The van der Waals surface area contributed by atoms with Crippen LogP contribution in [0.5, 0.6) is 0 Å². The van der Waals surface area contributed by atoms with Gasteiger partial charge in [-0.2, -0.15) is 5.48 Å². The second-order valence-electron chi connectivity index (χ2n) is 3.88. The average Bonchev–Trinajstić information content (AvgIpc) is 2.31. The smallest absolute Gasteiger partial charge is 0.134 e. The number of anilines is 1. The number of aromatic nitrogens is 2. The molecule has 0 aliphatic carbocycles. The van der Waals surface area contributed by atoms with Crippen molar-refractivity contribution in [3.05, 3.63) is 23.8 Å². The molecule has 1 rings (SSSR count). The highest BCUT2D eigenvalue weighted by Crippen LogP contribution is 2.24. The molecule has 0 atom stereocenters. The summed E-state index contributed by atoms with van der Waals surface area (Å²) in [5, 5.41) is 0. The Bertz CT molecular complexity index is 401. The van der Waals surface area contributed by atoms with E-state index in [1.54, 1.807) is 19.6 Å². The van der Waals surface area contributed by atoms with Crippen LogP contribution >= 0.6 is 0 Å². The second-order valence-corrected chi connectivity index (χ2v) is 3.88. The van der Waals surface area contributed by atoms with E-state index in [1.807, 2.05) is 25.9 Å². The zero-order valence-corrected chi connectivity index (χ0v) is 11.1. The summed E-state index contributed by atoms with van der Waals surface area (Å²) in [6, 6.07) is 0. The van der Waals surface area contributed by atoms with Crippen molar-refractivity contribution in [1.29, 1.82) is 0 Å². The minimum atomic E-state index is 0.854. The van der Waals surface area contributed by atoms with Gasteiger partial charge in [-0.3, -0.25) is 0 Å². The zero-order valence-electron chi connectivity index (χ0n) is 11.1. The highest BCUT2D eigenvalue weighted by Gasteiger charge is 2.11. The fraction of sp³-hybridized carbons (Fsp3) is 0.500. The molecule has 5 heteroatoms. The van der Waals surface area contributed by atoms with E-state index in [9.17, 15) is 0 Å². The van der Waals surface area contributed by atoms with Gasteiger partial charge in [0.1, 0.15) is 18.4 Å². The van der Waals surface area contributed by atoms with Crippen molar-refractivity contribution in [1.82, 2.24) is 15.4 Å². The number of hydroxylamine groups is 1. The molecular formula is C12H20N4O. The lowest BCUT2D eigenvalue weighted by molar-refractivity contribution is 0.159. The van der Waals surface area contributed by atoms with E-state index < -0.39 is 0 Å². The molecule has 0 unspecified atom stereocenters. The monoisotopic (exact) mass is 236 g/mol. The number of rotatable bonds is 5. The fourth-order valence-corrected chi connectivity index (χ4v) is 1.65. The predicted molar refractivity (Wildman–Crippen MR) is 69.5 cm³/mol. The molecule has 17 heavy (non-hydrogen) atoms. The Labute approximate surface area is 102 Å². The summed E-state index contributed by atoms with van der Waals surface area (Å²) in [6.07, 6.45) is 4.13. The van der Waals surface area contributed by atoms with Gasteiger partial charge < -0.3 is 9.74 Å². The van der Waals surface area contributed by atoms with Gasteiger partial charge in [0.05, 0.1) is 5.69 Å². The lowest BCUT2D eigenvalue weighted by Gasteiger charge is -2.16. The number of nitrogens with one attached hydrogen (secondary N) is 1. The summed E-state index contributed by atoms with van der Waals surface area (Å²) in [5.41, 5.74) is 5.67. The number of hydrogen-bond donors (Lipinski definition) is 1. The molecule has 0 spiro atoms. The summed E-state index contributed by atoms with van der Waals surface area (Å²) >= 11 is 0. The minimum Gasteiger partial charge on any atom is -0.416 e. The van der Waals surface area contributed by atoms with Crippen LogP contribution in [-0.2, 0) is 4.84 Å². The minimum absolute atomic E-state index is 0.854. The van der Waals surface area contributed by atoms with Crippen LogP contribution in [0.1, 0.15) is 24.6 Å². The van der Waals surface area contributed by atoms with Gasteiger partial charge in [-0.25, -0.2) is 9.97 Å². The normalized spacial score (nSPS) is 11.5. The summed E-state index contributed by atoms with van der Waals surface area (Å²) in [7, 11) is 5.67. The number of allylic oxidation sites excluding steroid dienone is 1. The maximum atomic E-state index is 5.11. The molecule has 94 valence electrons. The van der Waals surface area contributed by atoms with Gasteiger partial charge in [0.15, 0.2) is 0 Å². The summed E-state index contributed by atoms with van der Waals surface area (Å²) in [5.74, 6) is 0.929. The Morgan fingerprint density at radius 2 is 2.18 bits per heavy atom. The van der Waals surface area contributed by atoms with E-state index in [0.717, 1.165) is 29.1 Å². The third-order valence-corrected chi connectivity index (χ3v) is 2.49. The largest absolute Gasteiger partial charge is 0.416 e. The van der Waals surface area contributed by atoms with Gasteiger partial charge in [-0.1, -0.05) is 6.92 Å². The first-order valence-corrected chi connectivity index (χ1v) is 5.62. The van der Waals surface area contributed by atoms with E-state index in [2.05, 4.69) is 22.4 Å². The van der Waals surface area contributed by atoms with Crippen LogP contribution in [0.25, 0.3) is 5.57 Å². The Balaban J connectivity index is 3.16. The zero-order chi connectivity index (χ0) is 12.8. The van der Waals surface area contributed by atoms with Crippen LogP contribution in [0, 0.1) is 6.92 Å². The van der Waals surface area contributed by atoms with E-state index in [4.69, 9.17) is 4.84 Å². The molecule has 1 aromatic heterocycles. The van der Waals surface area contributed by atoms with Crippen LogP contribution in [0.3, 0.4) is 0 Å². The quantitative estimate of drug-likeness (QED) is 0.623. The first kappa shape index (κ1) is 13.4. The van der Waals surface area contributed by atoms with E-state index in [1.165, 1.54) is 0 Å². The van der Waals surface area contributed by atoms with Crippen molar-refractivity contribution < 1.29 is 4.84 Å². The van der Waals surface area contributed by atoms with Gasteiger partial charge in [0.2, 0.25) is 0 Å². The van der Waals surface area contributed by atoms with Crippen LogP contribution in [0.2, 0.25) is 0 Å². The van der Waals surface area contributed by atoms with Crippen LogP contribution in [0.15, 0.2) is 12.6 Å².